The zero-order valence-electron chi connectivity index (χ0n) is 26.8. The Morgan fingerprint density at radius 1 is 0.396 bits per heavy atom. The van der Waals surface area contributed by atoms with Gasteiger partial charge < -0.3 is 18.9 Å². The first kappa shape index (κ1) is 31.7. The maximum absolute atomic E-state index is 6.65. The summed E-state index contributed by atoms with van der Waals surface area (Å²) in [4.78, 5) is 7.42. The molecular formula is C40H38O4S4. The topological polar surface area (TPSA) is 36.9 Å². The van der Waals surface area contributed by atoms with E-state index in [-0.39, 0.29) is 0 Å². The van der Waals surface area contributed by atoms with Gasteiger partial charge in [0.05, 0.1) is 47.3 Å². The molecule has 0 unspecified atom stereocenters. The smallest absolute Gasteiger partial charge is 0.130 e. The number of ether oxygens (including phenoxy) is 4. The highest BCUT2D eigenvalue weighted by Gasteiger charge is 2.28. The van der Waals surface area contributed by atoms with E-state index < -0.39 is 0 Å². The SMILES string of the molecule is c1csc(-c2cc3c(s2)-c2sc(-c4cccs4)cc2-c2c4cccc2OCCCCCCOc2cccc(c2-3)OCCCCCCO4)c1. The first-order valence-corrected chi connectivity index (χ1v) is 20.4. The minimum atomic E-state index is 0.672. The Bertz CT molecular complexity index is 1750. The second kappa shape index (κ2) is 14.9. The summed E-state index contributed by atoms with van der Waals surface area (Å²) in [7, 11) is 0. The van der Waals surface area contributed by atoms with Crippen molar-refractivity contribution in [3.8, 4) is 74.5 Å². The normalized spacial score (nSPS) is 15.6. The van der Waals surface area contributed by atoms with Crippen molar-refractivity contribution in [2.75, 3.05) is 26.4 Å². The molecule has 48 heavy (non-hydrogen) atoms. The van der Waals surface area contributed by atoms with E-state index in [1.165, 1.54) is 29.3 Å². The highest BCUT2D eigenvalue weighted by atomic mass is 32.1. The van der Waals surface area contributed by atoms with Gasteiger partial charge in [0.15, 0.2) is 0 Å². The van der Waals surface area contributed by atoms with Crippen LogP contribution in [0.1, 0.15) is 51.4 Å². The summed E-state index contributed by atoms with van der Waals surface area (Å²) in [6.07, 6.45) is 8.35. The molecule has 0 aliphatic carbocycles. The summed E-state index contributed by atoms with van der Waals surface area (Å²) in [5, 5.41) is 4.32. The molecule has 0 amide bonds. The molecule has 246 valence electrons. The fraction of sp³-hybridized carbons (Fsp3) is 0.300. The maximum atomic E-state index is 6.65. The van der Waals surface area contributed by atoms with Crippen molar-refractivity contribution in [3.63, 3.8) is 0 Å². The monoisotopic (exact) mass is 710 g/mol. The van der Waals surface area contributed by atoms with E-state index in [9.17, 15) is 0 Å². The molecule has 6 heterocycles. The van der Waals surface area contributed by atoms with Crippen LogP contribution in [0.3, 0.4) is 0 Å². The quantitative estimate of drug-likeness (QED) is 0.179. The number of rotatable bonds is 2. The van der Waals surface area contributed by atoms with E-state index in [0.717, 1.165) is 96.6 Å². The molecule has 0 atom stereocenters. The van der Waals surface area contributed by atoms with Gasteiger partial charge in [-0.05, 0) is 111 Å². The summed E-state index contributed by atoms with van der Waals surface area (Å²) in [5.74, 6) is 3.56. The predicted octanol–water partition coefficient (Wildman–Crippen LogP) is 12.9. The van der Waals surface area contributed by atoms with Gasteiger partial charge in [0.25, 0.3) is 0 Å². The van der Waals surface area contributed by atoms with Crippen LogP contribution in [0.5, 0.6) is 23.0 Å². The van der Waals surface area contributed by atoms with Crippen molar-refractivity contribution in [1.82, 2.24) is 0 Å². The fourth-order valence-corrected chi connectivity index (χ4v) is 10.6. The van der Waals surface area contributed by atoms with E-state index in [2.05, 4.69) is 83.6 Å². The van der Waals surface area contributed by atoms with E-state index in [1.807, 2.05) is 22.7 Å². The van der Waals surface area contributed by atoms with E-state index >= 15 is 0 Å². The van der Waals surface area contributed by atoms with Crippen molar-refractivity contribution in [3.05, 3.63) is 83.6 Å². The van der Waals surface area contributed by atoms with Gasteiger partial charge in [-0.2, -0.15) is 0 Å². The van der Waals surface area contributed by atoms with Crippen LogP contribution in [0.25, 0.3) is 51.5 Å². The van der Waals surface area contributed by atoms with E-state index in [4.69, 9.17) is 18.9 Å². The molecule has 0 radical (unpaired) electrons. The largest absolute Gasteiger partial charge is 0.493 e. The second-order valence-corrected chi connectivity index (χ2v) is 16.1. The van der Waals surface area contributed by atoms with Crippen molar-refractivity contribution < 1.29 is 18.9 Å². The Kier molecular flexibility index (Phi) is 9.84. The summed E-state index contributed by atoms with van der Waals surface area (Å²) in [5.41, 5.74) is 4.39. The molecule has 0 N–H and O–H groups in total. The first-order valence-electron chi connectivity index (χ1n) is 17.0. The van der Waals surface area contributed by atoms with E-state index in [1.54, 1.807) is 22.7 Å². The van der Waals surface area contributed by atoms with Crippen LogP contribution in [0.2, 0.25) is 0 Å². The number of hydrogen-bond donors (Lipinski definition) is 0. The van der Waals surface area contributed by atoms with Gasteiger partial charge in [-0.15, -0.1) is 45.3 Å². The van der Waals surface area contributed by atoms with Crippen LogP contribution in [0.15, 0.2) is 83.6 Å². The molecule has 0 spiro atoms. The average Bonchev–Trinajstić information content (AvgIpc) is 3.93. The number of hydrogen-bond acceptors (Lipinski definition) is 8. The van der Waals surface area contributed by atoms with Gasteiger partial charge in [-0.3, -0.25) is 0 Å². The van der Waals surface area contributed by atoms with Crippen LogP contribution in [0, 0.1) is 0 Å². The van der Waals surface area contributed by atoms with Crippen LogP contribution in [-0.2, 0) is 0 Å². The van der Waals surface area contributed by atoms with Gasteiger partial charge in [0.2, 0.25) is 0 Å². The van der Waals surface area contributed by atoms with E-state index in [0.29, 0.717) is 26.4 Å². The minimum Gasteiger partial charge on any atom is -0.493 e. The van der Waals surface area contributed by atoms with Crippen LogP contribution in [-0.4, -0.2) is 26.4 Å². The molecule has 2 aliphatic rings. The number of thiophene rings is 4. The zero-order chi connectivity index (χ0) is 32.1. The summed E-state index contributed by atoms with van der Waals surface area (Å²) in [6.45, 7) is 2.69. The Balaban J connectivity index is 1.44. The summed E-state index contributed by atoms with van der Waals surface area (Å²) in [6, 6.07) is 26.1. The van der Waals surface area contributed by atoms with Gasteiger partial charge in [-0.1, -0.05) is 24.3 Å². The highest BCUT2D eigenvalue weighted by Crippen LogP contribution is 2.56. The molecule has 0 fully saturated rings. The molecule has 2 aromatic carbocycles. The molecule has 0 saturated heterocycles. The van der Waals surface area contributed by atoms with Gasteiger partial charge in [0.1, 0.15) is 23.0 Å². The third-order valence-electron chi connectivity index (χ3n) is 8.82. The maximum Gasteiger partial charge on any atom is 0.130 e. The average molecular weight is 711 g/mol. The first-order chi connectivity index (χ1) is 23.8. The molecule has 2 aliphatic heterocycles. The molecule has 0 saturated carbocycles. The molecule has 4 nitrogen and oxygen atoms in total. The molecule has 6 aromatic rings. The Hall–Kier alpha value is -3.56. The molecular weight excluding hydrogens is 673 g/mol. The highest BCUT2D eigenvalue weighted by molar-refractivity contribution is 7.29. The van der Waals surface area contributed by atoms with Crippen molar-refractivity contribution in [2.45, 2.75) is 51.4 Å². The molecule has 8 rings (SSSR count). The standard InChI is InChI=1S/C40H38O4S4/c1-2-6-20-42-30-14-10-16-32-38(30)28-26-36(34-18-12-24-46-34)48-40(28)39-27(25-35(47-39)33-17-11-23-45-33)37-29(41-19-5-1)13-9-15-31(37)43-21-7-3-4-8-22-44-32/h9-18,23-26H,1-8,19-22H2. The van der Waals surface area contributed by atoms with Gasteiger partial charge >= 0.3 is 0 Å². The van der Waals surface area contributed by atoms with Crippen molar-refractivity contribution in [2.24, 2.45) is 0 Å². The Labute approximate surface area is 298 Å². The third-order valence-corrected chi connectivity index (χ3v) is 13.4. The lowest BCUT2D eigenvalue weighted by molar-refractivity contribution is 0.276. The van der Waals surface area contributed by atoms with Gasteiger partial charge in [-0.25, -0.2) is 0 Å². The molecule has 4 aromatic heterocycles. The van der Waals surface area contributed by atoms with Crippen molar-refractivity contribution >= 4 is 45.3 Å². The Morgan fingerprint density at radius 2 is 0.771 bits per heavy atom. The lowest BCUT2D eigenvalue weighted by Gasteiger charge is -2.20. The van der Waals surface area contributed by atoms with Crippen LogP contribution < -0.4 is 18.9 Å². The lowest BCUT2D eigenvalue weighted by Crippen LogP contribution is -2.05. The Morgan fingerprint density at radius 3 is 1.10 bits per heavy atom. The predicted molar refractivity (Wildman–Crippen MR) is 204 cm³/mol. The minimum absolute atomic E-state index is 0.672. The molecule has 8 heteroatoms. The lowest BCUT2D eigenvalue weighted by atomic mass is 9.98. The zero-order valence-corrected chi connectivity index (χ0v) is 30.1. The summed E-state index contributed by atoms with van der Waals surface area (Å²) < 4.78 is 26.6. The summed E-state index contributed by atoms with van der Waals surface area (Å²) >= 11 is 7.26. The van der Waals surface area contributed by atoms with Crippen LogP contribution >= 0.6 is 45.3 Å². The fourth-order valence-electron chi connectivity index (χ4n) is 6.45. The van der Waals surface area contributed by atoms with Crippen molar-refractivity contribution in [1.29, 1.82) is 0 Å². The second-order valence-electron chi connectivity index (χ2n) is 12.1. The number of benzene rings is 2. The van der Waals surface area contributed by atoms with Gasteiger partial charge in [0, 0.05) is 30.6 Å². The molecule has 2 bridgehead atoms. The van der Waals surface area contributed by atoms with Crippen LogP contribution in [0.4, 0.5) is 0 Å². The third kappa shape index (κ3) is 6.68.